The Labute approximate surface area is 140 Å². The highest BCUT2D eigenvalue weighted by Crippen LogP contribution is 2.43. The zero-order valence-corrected chi connectivity index (χ0v) is 15.1. The van der Waals surface area contributed by atoms with Gasteiger partial charge < -0.3 is 15.4 Å². The number of fused-ring (bicyclic) bond motifs is 3. The Morgan fingerprint density at radius 2 is 2.00 bits per heavy atom. The lowest BCUT2D eigenvalue weighted by atomic mass is 9.89. The molecule has 4 heteroatoms. The monoisotopic (exact) mass is 318 g/mol. The number of piperidine rings is 1. The normalized spacial score (nSPS) is 22.6. The molecule has 0 radical (unpaired) electrons. The molecule has 1 aliphatic heterocycles. The predicted octanol–water partition coefficient (Wildman–Crippen LogP) is 4.33. The van der Waals surface area contributed by atoms with Gasteiger partial charge in [-0.3, -0.25) is 0 Å². The quantitative estimate of drug-likeness (QED) is 0.724. The molecule has 0 aromatic heterocycles. The zero-order chi connectivity index (χ0) is 17.2. The van der Waals surface area contributed by atoms with Crippen LogP contribution in [0.15, 0.2) is 18.2 Å². The largest absolute Gasteiger partial charge is 0.444 e. The van der Waals surface area contributed by atoms with Gasteiger partial charge in [0.1, 0.15) is 5.60 Å². The second-order valence-electron chi connectivity index (χ2n) is 7.15. The Balaban J connectivity index is 0.000000924. The van der Waals surface area contributed by atoms with E-state index in [-0.39, 0.29) is 12.1 Å². The molecule has 0 bridgehead atoms. The van der Waals surface area contributed by atoms with Gasteiger partial charge in [0.15, 0.2) is 0 Å². The summed E-state index contributed by atoms with van der Waals surface area (Å²) < 4.78 is 5.57. The molecule has 1 aromatic rings. The SMILES string of the molecule is CC.CC(C)(C)OC(=O)N1CCCC2c3ccc(N)cc3CC21. The number of ether oxygens (including phenoxy) is 1. The van der Waals surface area contributed by atoms with Crippen molar-refractivity contribution in [2.75, 3.05) is 12.3 Å². The maximum atomic E-state index is 12.5. The van der Waals surface area contributed by atoms with E-state index in [1.54, 1.807) is 0 Å². The van der Waals surface area contributed by atoms with Gasteiger partial charge in [0.05, 0.1) is 0 Å². The molecule has 1 fully saturated rings. The van der Waals surface area contributed by atoms with Gasteiger partial charge in [-0.1, -0.05) is 19.9 Å². The zero-order valence-electron chi connectivity index (χ0n) is 15.1. The first-order chi connectivity index (χ1) is 10.8. The van der Waals surface area contributed by atoms with Crippen LogP contribution in [-0.2, 0) is 11.2 Å². The van der Waals surface area contributed by atoms with Crippen LogP contribution in [-0.4, -0.2) is 29.2 Å². The van der Waals surface area contributed by atoms with E-state index in [2.05, 4.69) is 12.1 Å². The Morgan fingerprint density at radius 3 is 2.65 bits per heavy atom. The van der Waals surface area contributed by atoms with Crippen molar-refractivity contribution in [1.29, 1.82) is 0 Å². The summed E-state index contributed by atoms with van der Waals surface area (Å²) in [4.78, 5) is 14.4. The summed E-state index contributed by atoms with van der Waals surface area (Å²) in [5.41, 5.74) is 8.91. The van der Waals surface area contributed by atoms with Crippen LogP contribution in [0.4, 0.5) is 10.5 Å². The van der Waals surface area contributed by atoms with Crippen LogP contribution in [0.5, 0.6) is 0 Å². The van der Waals surface area contributed by atoms with Crippen LogP contribution in [0.2, 0.25) is 0 Å². The van der Waals surface area contributed by atoms with Gasteiger partial charge in [-0.2, -0.15) is 0 Å². The number of benzene rings is 1. The molecule has 2 aliphatic rings. The van der Waals surface area contributed by atoms with E-state index < -0.39 is 5.60 Å². The summed E-state index contributed by atoms with van der Waals surface area (Å²) in [6, 6.07) is 6.38. The van der Waals surface area contributed by atoms with Crippen molar-refractivity contribution < 1.29 is 9.53 Å². The van der Waals surface area contributed by atoms with Gasteiger partial charge in [0, 0.05) is 24.2 Å². The highest BCUT2D eigenvalue weighted by molar-refractivity contribution is 5.69. The van der Waals surface area contributed by atoms with Crippen LogP contribution < -0.4 is 5.73 Å². The lowest BCUT2D eigenvalue weighted by Gasteiger charge is -2.38. The summed E-state index contributed by atoms with van der Waals surface area (Å²) in [5.74, 6) is 0.432. The topological polar surface area (TPSA) is 55.6 Å². The molecule has 1 aromatic carbocycles. The minimum absolute atomic E-state index is 0.182. The molecule has 2 unspecified atom stereocenters. The maximum Gasteiger partial charge on any atom is 0.410 e. The molecule has 2 N–H and O–H groups in total. The van der Waals surface area contributed by atoms with E-state index in [9.17, 15) is 4.79 Å². The van der Waals surface area contributed by atoms with Crippen LogP contribution in [0.3, 0.4) is 0 Å². The second-order valence-corrected chi connectivity index (χ2v) is 7.15. The number of likely N-dealkylation sites (tertiary alicyclic amines) is 1. The molecule has 4 nitrogen and oxygen atoms in total. The molecule has 1 amide bonds. The first-order valence-corrected chi connectivity index (χ1v) is 8.73. The number of nitrogen functional groups attached to an aromatic ring is 1. The number of hydrogen-bond acceptors (Lipinski definition) is 3. The summed E-state index contributed by atoms with van der Waals surface area (Å²) in [7, 11) is 0. The molecule has 23 heavy (non-hydrogen) atoms. The van der Waals surface area contributed by atoms with E-state index in [4.69, 9.17) is 10.5 Å². The average molecular weight is 318 g/mol. The van der Waals surface area contributed by atoms with Gasteiger partial charge in [0.2, 0.25) is 0 Å². The Hall–Kier alpha value is -1.71. The molecule has 1 heterocycles. The smallest absolute Gasteiger partial charge is 0.410 e. The van der Waals surface area contributed by atoms with Crippen LogP contribution in [0.1, 0.15) is 64.5 Å². The summed E-state index contributed by atoms with van der Waals surface area (Å²) in [5, 5.41) is 0. The Morgan fingerprint density at radius 1 is 1.30 bits per heavy atom. The number of rotatable bonds is 0. The molecule has 1 aliphatic carbocycles. The van der Waals surface area contributed by atoms with Crippen LogP contribution in [0.25, 0.3) is 0 Å². The second kappa shape index (κ2) is 6.81. The van der Waals surface area contributed by atoms with E-state index in [0.29, 0.717) is 5.92 Å². The number of nitrogens with two attached hydrogens (primary N) is 1. The minimum Gasteiger partial charge on any atom is -0.444 e. The first kappa shape index (κ1) is 17.6. The number of amides is 1. The summed E-state index contributed by atoms with van der Waals surface area (Å²) >= 11 is 0. The van der Waals surface area contributed by atoms with E-state index in [1.807, 2.05) is 45.6 Å². The van der Waals surface area contributed by atoms with E-state index >= 15 is 0 Å². The number of hydrogen-bond donors (Lipinski definition) is 1. The number of carbonyl (C=O) groups is 1. The predicted molar refractivity (Wildman–Crippen MR) is 94.6 cm³/mol. The van der Waals surface area contributed by atoms with Crippen molar-refractivity contribution in [2.45, 2.75) is 71.4 Å². The molecule has 1 saturated heterocycles. The Bertz CT molecular complexity index is 563. The fourth-order valence-corrected chi connectivity index (χ4v) is 3.61. The van der Waals surface area contributed by atoms with E-state index in [1.165, 1.54) is 11.1 Å². The van der Waals surface area contributed by atoms with Crippen LogP contribution in [0, 0.1) is 0 Å². The van der Waals surface area contributed by atoms with Gasteiger partial charge in [0.25, 0.3) is 0 Å². The highest BCUT2D eigenvalue weighted by Gasteiger charge is 2.41. The van der Waals surface area contributed by atoms with Gasteiger partial charge in [-0.15, -0.1) is 0 Å². The highest BCUT2D eigenvalue weighted by atomic mass is 16.6. The lowest BCUT2D eigenvalue weighted by molar-refractivity contribution is 0.00833. The van der Waals surface area contributed by atoms with Crippen molar-refractivity contribution >= 4 is 11.8 Å². The number of anilines is 1. The van der Waals surface area contributed by atoms with Crippen LogP contribution >= 0.6 is 0 Å². The van der Waals surface area contributed by atoms with Crippen molar-refractivity contribution in [3.05, 3.63) is 29.3 Å². The fourth-order valence-electron chi connectivity index (χ4n) is 3.61. The molecule has 0 spiro atoms. The molecule has 128 valence electrons. The standard InChI is InChI=1S/C17H24N2O2.C2H6/c1-17(2,3)21-16(20)19-8-4-5-14-13-7-6-12(18)9-11(13)10-15(14)19;1-2/h6-7,9,14-15H,4-5,8,10,18H2,1-3H3;1-2H3. The average Bonchev–Trinajstić information content (AvgIpc) is 2.84. The number of nitrogens with zero attached hydrogens (tertiary/aromatic N) is 1. The number of carbonyl (C=O) groups excluding carboxylic acids is 1. The van der Waals surface area contributed by atoms with Crippen molar-refractivity contribution in [2.24, 2.45) is 0 Å². The van der Waals surface area contributed by atoms with E-state index in [0.717, 1.165) is 31.5 Å². The van der Waals surface area contributed by atoms with Crippen molar-refractivity contribution in [3.63, 3.8) is 0 Å². The van der Waals surface area contributed by atoms with Gasteiger partial charge in [-0.05, 0) is 63.3 Å². The molecular weight excluding hydrogens is 288 g/mol. The molecular formula is C19H30N2O2. The third kappa shape index (κ3) is 3.80. The third-order valence-corrected chi connectivity index (χ3v) is 4.40. The minimum atomic E-state index is -0.445. The first-order valence-electron chi connectivity index (χ1n) is 8.73. The molecule has 3 rings (SSSR count). The summed E-state index contributed by atoms with van der Waals surface area (Å²) in [6.07, 6.45) is 2.88. The molecule has 0 saturated carbocycles. The fraction of sp³-hybridized carbons (Fsp3) is 0.632. The maximum absolute atomic E-state index is 12.5. The third-order valence-electron chi connectivity index (χ3n) is 4.40. The Kier molecular flexibility index (Phi) is 5.23. The lowest BCUT2D eigenvalue weighted by Crippen LogP contribution is -2.48. The summed E-state index contributed by atoms with van der Waals surface area (Å²) in [6.45, 7) is 10.5. The molecule has 2 atom stereocenters. The van der Waals surface area contributed by atoms with Crippen molar-refractivity contribution in [3.8, 4) is 0 Å². The van der Waals surface area contributed by atoms with Gasteiger partial charge >= 0.3 is 6.09 Å². The van der Waals surface area contributed by atoms with Crippen molar-refractivity contribution in [1.82, 2.24) is 4.90 Å². The van der Waals surface area contributed by atoms with Gasteiger partial charge in [-0.25, -0.2) is 4.79 Å².